The second-order valence-electron chi connectivity index (χ2n) is 6.87. The molecule has 0 saturated heterocycles. The normalized spacial score (nSPS) is 15.1. The predicted octanol–water partition coefficient (Wildman–Crippen LogP) is 3.57. The monoisotopic (exact) mass is 384 g/mol. The van der Waals surface area contributed by atoms with Crippen molar-refractivity contribution in [3.63, 3.8) is 0 Å². The number of hydrogen-bond donors (Lipinski definition) is 0. The van der Waals surface area contributed by atoms with E-state index in [1.54, 1.807) is 21.3 Å². The van der Waals surface area contributed by atoms with Gasteiger partial charge < -0.3 is 21.5 Å². The van der Waals surface area contributed by atoms with Crippen LogP contribution in [-0.2, 0) is 21.5 Å². The van der Waals surface area contributed by atoms with E-state index in [0.29, 0.717) is 0 Å². The van der Waals surface area contributed by atoms with Crippen molar-refractivity contribution >= 4 is 34.7 Å². The van der Waals surface area contributed by atoms with E-state index in [0.717, 1.165) is 12.1 Å². The number of hydrogen-bond acceptors (Lipinski definition) is 5. The molecule has 0 aromatic heterocycles. The maximum absolute atomic E-state index is 6.39. The zero-order chi connectivity index (χ0) is 17.4. The topological polar surface area (TPSA) is 46.2 Å². The van der Waals surface area contributed by atoms with Crippen molar-refractivity contribution in [1.82, 2.24) is 0 Å². The Kier molecular flexibility index (Phi) is 10.1. The molecule has 134 valence electrons. The molecule has 1 unspecified atom stereocenters. The largest absolute Gasteiger partial charge is 0.499 e. The summed E-state index contributed by atoms with van der Waals surface area (Å²) in [6.07, 6.45) is 1.19. The third-order valence-corrected chi connectivity index (χ3v) is 17.9. The molecule has 0 bridgehead atoms. The van der Waals surface area contributed by atoms with Crippen molar-refractivity contribution in [3.05, 3.63) is 0 Å². The zero-order valence-electron chi connectivity index (χ0n) is 15.9. The molecular weight excluding hydrogens is 348 g/mol. The Morgan fingerprint density at radius 2 is 1.14 bits per heavy atom. The van der Waals surface area contributed by atoms with Gasteiger partial charge in [-0.05, 0) is 44.8 Å². The first kappa shape index (κ1) is 22.7. The summed E-state index contributed by atoms with van der Waals surface area (Å²) in [6, 6.07) is 2.96. The molecule has 22 heavy (non-hydrogen) atoms. The standard InChI is InChI=1S/C13H36O5Si4/c1-10-11-20(6,7)17-19(5)18-21(8,9)12-13-22(14-2,15-3)16-4/h19H,10-13H2,1-9H3. The SMILES string of the molecule is CCC[Si](C)(C)O[SiH](C)O[Si](C)(C)CC[Si](OC)(OC)OC. The van der Waals surface area contributed by atoms with Gasteiger partial charge in [-0.25, -0.2) is 0 Å². The van der Waals surface area contributed by atoms with Crippen LogP contribution in [0.4, 0.5) is 0 Å². The smallest absolute Gasteiger partial charge is 0.439 e. The van der Waals surface area contributed by atoms with Gasteiger partial charge in [-0.2, -0.15) is 0 Å². The second kappa shape index (κ2) is 9.84. The average molecular weight is 385 g/mol. The first-order valence-corrected chi connectivity index (χ1v) is 18.3. The average Bonchev–Trinajstić information content (AvgIpc) is 2.39. The van der Waals surface area contributed by atoms with Crippen LogP contribution in [0.5, 0.6) is 0 Å². The van der Waals surface area contributed by atoms with Gasteiger partial charge in [0.1, 0.15) is 0 Å². The van der Waals surface area contributed by atoms with E-state index in [4.69, 9.17) is 21.5 Å². The summed E-state index contributed by atoms with van der Waals surface area (Å²) in [7, 11) is -2.44. The fraction of sp³-hybridized carbons (Fsp3) is 1.00. The van der Waals surface area contributed by atoms with Gasteiger partial charge >= 0.3 is 8.80 Å². The lowest BCUT2D eigenvalue weighted by molar-refractivity contribution is 0.125. The molecule has 0 aromatic rings. The van der Waals surface area contributed by atoms with Gasteiger partial charge in [0, 0.05) is 27.4 Å². The predicted molar refractivity (Wildman–Crippen MR) is 102 cm³/mol. The van der Waals surface area contributed by atoms with E-state index >= 15 is 0 Å². The van der Waals surface area contributed by atoms with E-state index in [2.05, 4.69) is 39.7 Å². The summed E-state index contributed by atoms with van der Waals surface area (Å²) in [5.74, 6) is 0. The summed E-state index contributed by atoms with van der Waals surface area (Å²) in [5.41, 5.74) is 0. The molecule has 0 aromatic carbocycles. The van der Waals surface area contributed by atoms with E-state index < -0.39 is 34.7 Å². The van der Waals surface area contributed by atoms with Crippen LogP contribution in [0, 0.1) is 0 Å². The Morgan fingerprint density at radius 3 is 1.50 bits per heavy atom. The highest BCUT2D eigenvalue weighted by Crippen LogP contribution is 2.24. The Balaban J connectivity index is 4.50. The molecule has 0 radical (unpaired) electrons. The first-order valence-electron chi connectivity index (χ1n) is 8.06. The third-order valence-electron chi connectivity index (χ3n) is 3.79. The molecule has 0 saturated carbocycles. The van der Waals surface area contributed by atoms with E-state index in [9.17, 15) is 0 Å². The second-order valence-corrected chi connectivity index (χ2v) is 21.0. The summed E-state index contributed by atoms with van der Waals surface area (Å²) >= 11 is 0. The van der Waals surface area contributed by atoms with Gasteiger partial charge in [-0.3, -0.25) is 0 Å². The fourth-order valence-electron chi connectivity index (χ4n) is 2.65. The summed E-state index contributed by atoms with van der Waals surface area (Å²) in [5, 5.41) is 0. The molecule has 9 heteroatoms. The van der Waals surface area contributed by atoms with Crippen molar-refractivity contribution in [2.24, 2.45) is 0 Å². The van der Waals surface area contributed by atoms with Gasteiger partial charge in [0.05, 0.1) is 0 Å². The molecule has 0 amide bonds. The van der Waals surface area contributed by atoms with Crippen LogP contribution < -0.4 is 0 Å². The van der Waals surface area contributed by atoms with Crippen LogP contribution in [0.25, 0.3) is 0 Å². The third kappa shape index (κ3) is 8.50. The Bertz CT molecular complexity index is 303. The van der Waals surface area contributed by atoms with E-state index in [-0.39, 0.29) is 0 Å². The maximum Gasteiger partial charge on any atom is 0.499 e. The lowest BCUT2D eigenvalue weighted by Crippen LogP contribution is -2.47. The lowest BCUT2D eigenvalue weighted by atomic mass is 10.6. The summed E-state index contributed by atoms with van der Waals surface area (Å²) in [6.45, 7) is 13.4. The highest BCUT2D eigenvalue weighted by molar-refractivity contribution is 6.82. The summed E-state index contributed by atoms with van der Waals surface area (Å²) in [4.78, 5) is 0. The molecule has 0 spiro atoms. The molecule has 1 atom stereocenters. The fourth-order valence-corrected chi connectivity index (χ4v) is 17.4. The molecule has 0 aliphatic carbocycles. The van der Waals surface area contributed by atoms with Crippen molar-refractivity contribution in [1.29, 1.82) is 0 Å². The van der Waals surface area contributed by atoms with E-state index in [1.165, 1.54) is 12.5 Å². The van der Waals surface area contributed by atoms with Gasteiger partial charge in [-0.1, -0.05) is 13.3 Å². The van der Waals surface area contributed by atoms with Crippen LogP contribution in [0.15, 0.2) is 0 Å². The molecule has 0 aliphatic rings. The van der Waals surface area contributed by atoms with Crippen LogP contribution in [0.1, 0.15) is 13.3 Å². The van der Waals surface area contributed by atoms with Gasteiger partial charge in [0.15, 0.2) is 16.6 Å². The molecular formula is C13H36O5Si4. The number of rotatable bonds is 12. The van der Waals surface area contributed by atoms with Gasteiger partial charge in [0.25, 0.3) is 9.28 Å². The highest BCUT2D eigenvalue weighted by atomic mass is 28.4. The van der Waals surface area contributed by atoms with Crippen molar-refractivity contribution in [2.45, 2.75) is 64.2 Å². The van der Waals surface area contributed by atoms with Crippen molar-refractivity contribution < 1.29 is 21.5 Å². The van der Waals surface area contributed by atoms with Crippen LogP contribution in [0.2, 0.25) is 50.9 Å². The van der Waals surface area contributed by atoms with Crippen LogP contribution in [-0.4, -0.2) is 56.1 Å². The van der Waals surface area contributed by atoms with Crippen LogP contribution in [0.3, 0.4) is 0 Å². The minimum absolute atomic E-state index is 0.798. The lowest BCUT2D eigenvalue weighted by Gasteiger charge is -2.33. The minimum atomic E-state index is -2.50. The first-order chi connectivity index (χ1) is 10.1. The quantitative estimate of drug-likeness (QED) is 0.481. The van der Waals surface area contributed by atoms with Gasteiger partial charge in [-0.15, -0.1) is 0 Å². The Morgan fingerprint density at radius 1 is 0.727 bits per heavy atom. The Labute approximate surface area is 142 Å². The molecule has 0 N–H and O–H groups in total. The van der Waals surface area contributed by atoms with E-state index in [1.807, 2.05) is 0 Å². The maximum atomic E-state index is 6.39. The van der Waals surface area contributed by atoms with Gasteiger partial charge in [0.2, 0.25) is 0 Å². The molecule has 0 heterocycles. The molecule has 0 rings (SSSR count). The minimum Gasteiger partial charge on any atom is -0.439 e. The summed E-state index contributed by atoms with van der Waals surface area (Å²) < 4.78 is 29.2. The molecule has 5 nitrogen and oxygen atoms in total. The van der Waals surface area contributed by atoms with Crippen LogP contribution >= 0.6 is 0 Å². The van der Waals surface area contributed by atoms with Crippen molar-refractivity contribution in [2.75, 3.05) is 21.3 Å². The molecule has 0 aliphatic heterocycles. The highest BCUT2D eigenvalue weighted by Gasteiger charge is 2.41. The molecule has 0 fully saturated rings. The Hall–Kier alpha value is 0.668. The van der Waals surface area contributed by atoms with Crippen molar-refractivity contribution in [3.8, 4) is 0 Å². The zero-order valence-corrected chi connectivity index (χ0v) is 20.1.